The molecule has 0 aromatic heterocycles. The summed E-state index contributed by atoms with van der Waals surface area (Å²) in [6.45, 7) is 11.8. The quantitative estimate of drug-likeness (QED) is 0.814. The molecule has 3 heteroatoms. The fraction of sp³-hybridized carbons (Fsp3) is 0.611. The van der Waals surface area contributed by atoms with Gasteiger partial charge in [0.2, 0.25) is 0 Å². The first-order chi connectivity index (χ1) is 9.55. The fourth-order valence-electron chi connectivity index (χ4n) is 1.76. The Morgan fingerprint density at radius 2 is 1.67 bits per heavy atom. The molecule has 118 valence electrons. The SMILES string of the molecule is CC(C)C(C)(C)C(=O)OCCc1ccc(C(C)(C)O)cc1. The molecule has 0 fully saturated rings. The van der Waals surface area contributed by atoms with Crippen LogP contribution in [0.4, 0.5) is 0 Å². The van der Waals surface area contributed by atoms with Crippen molar-refractivity contribution in [1.29, 1.82) is 0 Å². The molecule has 0 radical (unpaired) electrons. The third-order valence-corrected chi connectivity index (χ3v) is 4.25. The maximum atomic E-state index is 12.0. The molecule has 0 spiro atoms. The Morgan fingerprint density at radius 1 is 1.14 bits per heavy atom. The molecule has 3 nitrogen and oxygen atoms in total. The molecule has 0 amide bonds. The smallest absolute Gasteiger partial charge is 0.311 e. The maximum absolute atomic E-state index is 12.0. The van der Waals surface area contributed by atoms with Gasteiger partial charge in [0.05, 0.1) is 17.6 Å². The standard InChI is InChI=1S/C18H28O3/c1-13(2)17(3,4)16(19)21-12-11-14-7-9-15(10-8-14)18(5,6)20/h7-10,13,20H,11-12H2,1-6H3. The molecule has 0 saturated heterocycles. The van der Waals surface area contributed by atoms with Crippen molar-refractivity contribution in [3.8, 4) is 0 Å². The van der Waals surface area contributed by atoms with Gasteiger partial charge in [0.25, 0.3) is 0 Å². The lowest BCUT2D eigenvalue weighted by atomic mass is 9.81. The van der Waals surface area contributed by atoms with Gasteiger partial charge in [-0.15, -0.1) is 0 Å². The van der Waals surface area contributed by atoms with Gasteiger partial charge in [-0.3, -0.25) is 4.79 Å². The summed E-state index contributed by atoms with van der Waals surface area (Å²) in [6.07, 6.45) is 0.687. The lowest BCUT2D eigenvalue weighted by Crippen LogP contribution is -2.32. The Bertz CT molecular complexity index is 464. The average molecular weight is 292 g/mol. The Hall–Kier alpha value is -1.35. The largest absolute Gasteiger partial charge is 0.465 e. The van der Waals surface area contributed by atoms with Crippen LogP contribution in [0.3, 0.4) is 0 Å². The van der Waals surface area contributed by atoms with Crippen molar-refractivity contribution < 1.29 is 14.6 Å². The van der Waals surface area contributed by atoms with E-state index in [1.165, 1.54) is 0 Å². The summed E-state index contributed by atoms with van der Waals surface area (Å²) in [5, 5.41) is 9.90. The van der Waals surface area contributed by atoms with Gasteiger partial charge in [-0.1, -0.05) is 38.1 Å². The molecule has 0 aliphatic heterocycles. The number of benzene rings is 1. The van der Waals surface area contributed by atoms with Crippen LogP contribution in [-0.2, 0) is 21.6 Å². The Morgan fingerprint density at radius 3 is 2.10 bits per heavy atom. The van der Waals surface area contributed by atoms with E-state index < -0.39 is 11.0 Å². The van der Waals surface area contributed by atoms with Crippen molar-refractivity contribution in [2.45, 2.75) is 53.6 Å². The molecule has 1 aromatic rings. The molecule has 0 unspecified atom stereocenters. The van der Waals surface area contributed by atoms with Crippen molar-refractivity contribution in [1.82, 2.24) is 0 Å². The minimum atomic E-state index is -0.827. The summed E-state index contributed by atoms with van der Waals surface area (Å²) in [5.74, 6) is 0.0988. The number of esters is 1. The molecule has 1 rings (SSSR count). The predicted molar refractivity (Wildman–Crippen MR) is 85.0 cm³/mol. The van der Waals surface area contributed by atoms with E-state index in [1.54, 1.807) is 13.8 Å². The highest BCUT2D eigenvalue weighted by Gasteiger charge is 2.32. The number of hydrogen-bond acceptors (Lipinski definition) is 3. The summed E-state index contributed by atoms with van der Waals surface area (Å²) < 4.78 is 5.38. The third-order valence-electron chi connectivity index (χ3n) is 4.25. The fourth-order valence-corrected chi connectivity index (χ4v) is 1.76. The number of carbonyl (C=O) groups excluding carboxylic acids is 1. The topological polar surface area (TPSA) is 46.5 Å². The van der Waals surface area contributed by atoms with Crippen LogP contribution in [0.5, 0.6) is 0 Å². The zero-order valence-corrected chi connectivity index (χ0v) is 14.1. The van der Waals surface area contributed by atoms with Gasteiger partial charge in [-0.2, -0.15) is 0 Å². The van der Waals surface area contributed by atoms with Crippen molar-refractivity contribution in [2.75, 3.05) is 6.61 Å². The van der Waals surface area contributed by atoms with E-state index in [1.807, 2.05) is 52.0 Å². The van der Waals surface area contributed by atoms with Crippen LogP contribution in [0.2, 0.25) is 0 Å². The van der Waals surface area contributed by atoms with E-state index >= 15 is 0 Å². The van der Waals surface area contributed by atoms with Gasteiger partial charge in [0, 0.05) is 6.42 Å². The monoisotopic (exact) mass is 292 g/mol. The molecular weight excluding hydrogens is 264 g/mol. The Balaban J connectivity index is 2.52. The Kier molecular flexibility index (Phi) is 5.57. The molecular formula is C18H28O3. The van der Waals surface area contributed by atoms with E-state index in [-0.39, 0.29) is 11.9 Å². The van der Waals surface area contributed by atoms with E-state index in [9.17, 15) is 9.90 Å². The number of ether oxygens (including phenoxy) is 1. The highest BCUT2D eigenvalue weighted by molar-refractivity contribution is 5.76. The summed E-state index contributed by atoms with van der Waals surface area (Å²) in [6, 6.07) is 7.76. The number of carbonyl (C=O) groups is 1. The number of hydrogen-bond donors (Lipinski definition) is 1. The molecule has 1 N–H and O–H groups in total. The second-order valence-corrected chi connectivity index (χ2v) is 7.02. The highest BCUT2D eigenvalue weighted by atomic mass is 16.5. The van der Waals surface area contributed by atoms with E-state index in [2.05, 4.69) is 0 Å². The lowest BCUT2D eigenvalue weighted by molar-refractivity contribution is -0.156. The molecule has 0 saturated carbocycles. The molecule has 0 atom stereocenters. The van der Waals surface area contributed by atoms with Crippen LogP contribution in [0.1, 0.15) is 52.7 Å². The molecule has 0 heterocycles. The van der Waals surface area contributed by atoms with Gasteiger partial charge < -0.3 is 9.84 Å². The third kappa shape index (κ3) is 4.85. The van der Waals surface area contributed by atoms with Crippen molar-refractivity contribution in [2.24, 2.45) is 11.3 Å². The molecule has 21 heavy (non-hydrogen) atoms. The number of rotatable bonds is 6. The van der Waals surface area contributed by atoms with Crippen LogP contribution in [-0.4, -0.2) is 17.7 Å². The van der Waals surface area contributed by atoms with Gasteiger partial charge in [0.1, 0.15) is 0 Å². The summed E-state index contributed by atoms with van der Waals surface area (Å²) in [5.41, 5.74) is 0.694. The second kappa shape index (κ2) is 6.61. The zero-order valence-electron chi connectivity index (χ0n) is 14.1. The van der Waals surface area contributed by atoms with E-state index in [0.717, 1.165) is 11.1 Å². The summed E-state index contributed by atoms with van der Waals surface area (Å²) >= 11 is 0. The van der Waals surface area contributed by atoms with E-state index in [0.29, 0.717) is 13.0 Å². The Labute approximate surface area is 128 Å². The second-order valence-electron chi connectivity index (χ2n) is 7.02. The van der Waals surface area contributed by atoms with Crippen LogP contribution in [0.15, 0.2) is 24.3 Å². The zero-order chi connectivity index (χ0) is 16.3. The summed E-state index contributed by atoms with van der Waals surface area (Å²) in [4.78, 5) is 12.0. The van der Waals surface area contributed by atoms with Crippen LogP contribution in [0, 0.1) is 11.3 Å². The number of aliphatic hydroxyl groups is 1. The van der Waals surface area contributed by atoms with Crippen molar-refractivity contribution in [3.05, 3.63) is 35.4 Å². The first-order valence-corrected chi connectivity index (χ1v) is 7.54. The van der Waals surface area contributed by atoms with Crippen LogP contribution >= 0.6 is 0 Å². The lowest BCUT2D eigenvalue weighted by Gasteiger charge is -2.26. The van der Waals surface area contributed by atoms with E-state index in [4.69, 9.17) is 4.74 Å². The minimum absolute atomic E-state index is 0.148. The van der Waals surface area contributed by atoms with Gasteiger partial charge in [-0.05, 0) is 44.7 Å². The van der Waals surface area contributed by atoms with Crippen LogP contribution in [0.25, 0.3) is 0 Å². The molecule has 0 bridgehead atoms. The van der Waals surface area contributed by atoms with Crippen LogP contribution < -0.4 is 0 Å². The predicted octanol–water partition coefficient (Wildman–Crippen LogP) is 3.68. The van der Waals surface area contributed by atoms with Gasteiger partial charge in [0.15, 0.2) is 0 Å². The first kappa shape index (κ1) is 17.7. The van der Waals surface area contributed by atoms with Gasteiger partial charge >= 0.3 is 5.97 Å². The van der Waals surface area contributed by atoms with Crippen molar-refractivity contribution in [3.63, 3.8) is 0 Å². The maximum Gasteiger partial charge on any atom is 0.311 e. The highest BCUT2D eigenvalue weighted by Crippen LogP contribution is 2.27. The molecule has 1 aromatic carbocycles. The molecule has 0 aliphatic carbocycles. The minimum Gasteiger partial charge on any atom is -0.465 e. The normalized spacial score (nSPS) is 12.6. The molecule has 0 aliphatic rings. The summed E-state index contributed by atoms with van der Waals surface area (Å²) in [7, 11) is 0. The van der Waals surface area contributed by atoms with Crippen molar-refractivity contribution >= 4 is 5.97 Å². The first-order valence-electron chi connectivity index (χ1n) is 7.54. The van der Waals surface area contributed by atoms with Gasteiger partial charge in [-0.25, -0.2) is 0 Å². The average Bonchev–Trinajstić information content (AvgIpc) is 2.37.